The molecule has 6 rings (SSSR count). The van der Waals surface area contributed by atoms with E-state index < -0.39 is 26.9 Å². The Morgan fingerprint density at radius 3 is 2.31 bits per heavy atom. The maximum Gasteiger partial charge on any atom is 0.221 e. The highest BCUT2D eigenvalue weighted by Crippen LogP contribution is 2.56. The van der Waals surface area contributed by atoms with Gasteiger partial charge in [0, 0.05) is 49.1 Å². The average Bonchev–Trinajstić information content (AvgIpc) is 3.22. The Morgan fingerprint density at radius 2 is 1.63 bits per heavy atom. The second-order valence-electron chi connectivity index (χ2n) is 9.92. The van der Waals surface area contributed by atoms with E-state index in [0.717, 1.165) is 5.56 Å². The second kappa shape index (κ2) is 8.37. The van der Waals surface area contributed by atoms with Gasteiger partial charge in [0.1, 0.15) is 17.9 Å². The van der Waals surface area contributed by atoms with Gasteiger partial charge in [-0.2, -0.15) is 4.31 Å². The molecule has 2 saturated heterocycles. The van der Waals surface area contributed by atoms with Crippen LogP contribution >= 0.6 is 0 Å². The molecule has 35 heavy (non-hydrogen) atoms. The first-order valence-corrected chi connectivity index (χ1v) is 13.5. The van der Waals surface area contributed by atoms with E-state index in [1.54, 1.807) is 30.9 Å². The van der Waals surface area contributed by atoms with Crippen molar-refractivity contribution in [2.24, 2.45) is 11.8 Å². The van der Waals surface area contributed by atoms with Gasteiger partial charge in [-0.25, -0.2) is 17.2 Å². The molecule has 10 heteroatoms. The molecule has 0 radical (unpaired) electrons. The third-order valence-corrected chi connectivity index (χ3v) is 10.3. The van der Waals surface area contributed by atoms with Crippen molar-refractivity contribution >= 4 is 15.7 Å². The van der Waals surface area contributed by atoms with Gasteiger partial charge in [0.25, 0.3) is 0 Å². The number of aromatic nitrogens is 3. The SMILES string of the molecule is C[C@H]1CC[C@@H](c2ccccc2)S(=O)(=O)N1Cc1ccc(N2C[C@@H]3[C@H](C2)[C@H]3n2cnnc2)c(F)c1F. The number of anilines is 1. The summed E-state index contributed by atoms with van der Waals surface area (Å²) in [5, 5.41) is 7.02. The lowest BCUT2D eigenvalue weighted by atomic mass is 10.0. The summed E-state index contributed by atoms with van der Waals surface area (Å²) in [5.74, 6) is -1.15. The van der Waals surface area contributed by atoms with E-state index in [1.807, 2.05) is 34.6 Å². The molecule has 1 aromatic heterocycles. The molecule has 3 heterocycles. The van der Waals surface area contributed by atoms with Gasteiger partial charge in [0.2, 0.25) is 10.0 Å². The summed E-state index contributed by atoms with van der Waals surface area (Å²) < 4.78 is 60.7. The molecule has 2 aromatic carbocycles. The minimum absolute atomic E-state index is 0.0575. The monoisotopic (exact) mass is 499 g/mol. The molecule has 0 spiro atoms. The van der Waals surface area contributed by atoms with Gasteiger partial charge >= 0.3 is 0 Å². The fourth-order valence-electron chi connectivity index (χ4n) is 5.96. The number of piperidine rings is 1. The third kappa shape index (κ3) is 3.74. The Morgan fingerprint density at radius 1 is 0.943 bits per heavy atom. The van der Waals surface area contributed by atoms with E-state index in [9.17, 15) is 8.42 Å². The van der Waals surface area contributed by atoms with Crippen LogP contribution in [-0.2, 0) is 16.6 Å². The first-order chi connectivity index (χ1) is 16.9. The number of halogens is 2. The summed E-state index contributed by atoms with van der Waals surface area (Å²) in [5.41, 5.74) is 1.02. The largest absolute Gasteiger partial charge is 0.368 e. The van der Waals surface area contributed by atoms with E-state index in [4.69, 9.17) is 0 Å². The van der Waals surface area contributed by atoms with Crippen molar-refractivity contribution in [1.29, 1.82) is 0 Å². The number of hydrogen-bond acceptors (Lipinski definition) is 5. The van der Waals surface area contributed by atoms with Crippen LogP contribution in [0.15, 0.2) is 55.1 Å². The molecule has 184 valence electrons. The summed E-state index contributed by atoms with van der Waals surface area (Å²) in [7, 11) is -3.73. The van der Waals surface area contributed by atoms with Crippen LogP contribution in [0.25, 0.3) is 0 Å². The lowest BCUT2D eigenvalue weighted by Gasteiger charge is -2.37. The van der Waals surface area contributed by atoms with Crippen LogP contribution in [0.1, 0.15) is 42.2 Å². The molecule has 1 saturated carbocycles. The lowest BCUT2D eigenvalue weighted by molar-refractivity contribution is 0.278. The number of benzene rings is 2. The second-order valence-corrected chi connectivity index (χ2v) is 12.0. The minimum atomic E-state index is -3.73. The van der Waals surface area contributed by atoms with Crippen LogP contribution in [0.4, 0.5) is 14.5 Å². The van der Waals surface area contributed by atoms with E-state index in [0.29, 0.717) is 43.8 Å². The fraction of sp³-hybridized carbons (Fsp3) is 0.440. The normalized spacial score (nSPS) is 29.8. The van der Waals surface area contributed by atoms with Crippen molar-refractivity contribution in [3.05, 3.63) is 77.9 Å². The standard InChI is InChI=1S/C25H27F2N5O2S/c1-16-7-10-22(17-5-3-2-4-6-17)35(33,34)32(16)11-18-8-9-21(24(27)23(18)26)30-12-19-20(13-30)25(19)31-14-28-29-15-31/h2-6,8-9,14-16,19-20,22,25H,7,10-13H2,1H3/t16-,19-,20+,22-,25+/m0/s1. The molecule has 0 bridgehead atoms. The van der Waals surface area contributed by atoms with E-state index in [1.165, 1.54) is 10.4 Å². The van der Waals surface area contributed by atoms with Crippen LogP contribution in [0.2, 0.25) is 0 Å². The van der Waals surface area contributed by atoms with Gasteiger partial charge in [0.15, 0.2) is 11.6 Å². The summed E-state index contributed by atoms with van der Waals surface area (Å²) in [6, 6.07) is 12.2. The number of hydrogen-bond donors (Lipinski definition) is 0. The lowest BCUT2D eigenvalue weighted by Crippen LogP contribution is -2.44. The topological polar surface area (TPSA) is 71.3 Å². The number of rotatable bonds is 5. The van der Waals surface area contributed by atoms with Crippen molar-refractivity contribution in [3.8, 4) is 0 Å². The molecule has 0 amide bonds. The highest BCUT2D eigenvalue weighted by Gasteiger charge is 2.57. The van der Waals surface area contributed by atoms with Gasteiger partial charge in [-0.1, -0.05) is 36.4 Å². The number of nitrogens with zero attached hydrogens (tertiary/aromatic N) is 5. The first-order valence-electron chi connectivity index (χ1n) is 12.0. The minimum Gasteiger partial charge on any atom is -0.368 e. The van der Waals surface area contributed by atoms with Gasteiger partial charge in [-0.15, -0.1) is 10.2 Å². The summed E-state index contributed by atoms with van der Waals surface area (Å²) in [6.07, 6.45) is 4.55. The van der Waals surface area contributed by atoms with E-state index >= 15 is 8.78 Å². The van der Waals surface area contributed by atoms with Crippen molar-refractivity contribution < 1.29 is 17.2 Å². The van der Waals surface area contributed by atoms with Gasteiger partial charge in [0.05, 0.1) is 5.69 Å². The molecular formula is C25H27F2N5O2S. The molecule has 7 nitrogen and oxygen atoms in total. The Hall–Kier alpha value is -2.85. The molecular weight excluding hydrogens is 472 g/mol. The van der Waals surface area contributed by atoms with Crippen molar-refractivity contribution in [1.82, 2.24) is 19.1 Å². The van der Waals surface area contributed by atoms with Gasteiger partial charge in [-0.05, 0) is 31.4 Å². The average molecular weight is 500 g/mol. The highest BCUT2D eigenvalue weighted by atomic mass is 32.2. The Kier molecular flexibility index (Phi) is 5.41. The van der Waals surface area contributed by atoms with E-state index in [2.05, 4.69) is 10.2 Å². The fourth-order valence-corrected chi connectivity index (χ4v) is 8.15. The molecule has 2 aliphatic heterocycles. The van der Waals surface area contributed by atoms with Crippen LogP contribution in [0.5, 0.6) is 0 Å². The van der Waals surface area contributed by atoms with Crippen molar-refractivity contribution in [3.63, 3.8) is 0 Å². The van der Waals surface area contributed by atoms with Crippen LogP contribution in [0, 0.1) is 23.5 Å². The maximum atomic E-state index is 15.2. The molecule has 3 aromatic rings. The molecule has 5 atom stereocenters. The zero-order valence-electron chi connectivity index (χ0n) is 19.3. The zero-order chi connectivity index (χ0) is 24.3. The van der Waals surface area contributed by atoms with Crippen LogP contribution in [0.3, 0.4) is 0 Å². The third-order valence-electron chi connectivity index (χ3n) is 7.93. The summed E-state index contributed by atoms with van der Waals surface area (Å²) >= 11 is 0. The Labute approximate surface area is 203 Å². The Bertz CT molecular complexity index is 1320. The Balaban J connectivity index is 1.21. The molecule has 1 aliphatic carbocycles. The van der Waals surface area contributed by atoms with Crippen LogP contribution < -0.4 is 4.90 Å². The predicted molar refractivity (Wildman–Crippen MR) is 127 cm³/mol. The summed E-state index contributed by atoms with van der Waals surface area (Å²) in [6.45, 7) is 2.92. The van der Waals surface area contributed by atoms with E-state index in [-0.39, 0.29) is 23.8 Å². The number of sulfonamides is 1. The molecule has 0 N–H and O–H groups in total. The van der Waals surface area contributed by atoms with Crippen molar-refractivity contribution in [2.45, 2.75) is 43.6 Å². The smallest absolute Gasteiger partial charge is 0.221 e. The van der Waals surface area contributed by atoms with Crippen LogP contribution in [-0.4, -0.2) is 46.6 Å². The number of fused-ring (bicyclic) bond motifs is 1. The quantitative estimate of drug-likeness (QED) is 0.532. The van der Waals surface area contributed by atoms with Crippen molar-refractivity contribution in [2.75, 3.05) is 18.0 Å². The van der Waals surface area contributed by atoms with Gasteiger partial charge < -0.3 is 9.47 Å². The van der Waals surface area contributed by atoms with Gasteiger partial charge in [-0.3, -0.25) is 0 Å². The predicted octanol–water partition coefficient (Wildman–Crippen LogP) is 3.92. The highest BCUT2D eigenvalue weighted by molar-refractivity contribution is 7.89. The molecule has 3 aliphatic rings. The maximum absolute atomic E-state index is 15.2. The first kappa shape index (κ1) is 22.6. The summed E-state index contributed by atoms with van der Waals surface area (Å²) in [4.78, 5) is 1.88. The molecule has 0 unspecified atom stereocenters. The molecule has 3 fully saturated rings. The zero-order valence-corrected chi connectivity index (χ0v) is 20.2.